The second-order valence-electron chi connectivity index (χ2n) is 7.39. The van der Waals surface area contributed by atoms with Crippen molar-refractivity contribution in [1.82, 2.24) is 14.8 Å². The van der Waals surface area contributed by atoms with E-state index in [1.807, 2.05) is 4.68 Å². The maximum Gasteiger partial charge on any atom is 0.222 e. The fraction of sp³-hybridized carbons (Fsp3) is 0.364. The van der Waals surface area contributed by atoms with E-state index < -0.39 is 0 Å². The van der Waals surface area contributed by atoms with Gasteiger partial charge in [0.15, 0.2) is 0 Å². The van der Waals surface area contributed by atoms with E-state index in [2.05, 4.69) is 84.7 Å². The van der Waals surface area contributed by atoms with Gasteiger partial charge in [-0.05, 0) is 41.0 Å². The number of nitrogens with one attached hydrogen (secondary N) is 1. The molecule has 0 unspecified atom stereocenters. The average molecular weight is 346 g/mol. The van der Waals surface area contributed by atoms with Crippen LogP contribution in [-0.4, -0.2) is 14.8 Å². The zero-order chi connectivity index (χ0) is 18.1. The van der Waals surface area contributed by atoms with E-state index in [0.717, 1.165) is 18.8 Å². The van der Waals surface area contributed by atoms with Gasteiger partial charge in [0.05, 0.1) is 12.1 Å². The predicted octanol–water partition coefficient (Wildman–Crippen LogP) is 5.11. The van der Waals surface area contributed by atoms with Crippen LogP contribution in [0.15, 0.2) is 54.9 Å². The lowest BCUT2D eigenvalue weighted by atomic mass is 9.91. The van der Waals surface area contributed by atoms with Gasteiger partial charge < -0.3 is 5.32 Å². The Morgan fingerprint density at radius 1 is 1.04 bits per heavy atom. The van der Waals surface area contributed by atoms with Crippen molar-refractivity contribution >= 4 is 5.95 Å². The quantitative estimate of drug-likeness (QED) is 0.714. The molecular formula is C22H26N4. The number of nitrogens with zero attached hydrogens (tertiary/aromatic N) is 3. The summed E-state index contributed by atoms with van der Waals surface area (Å²) in [5, 5.41) is 8.02. The van der Waals surface area contributed by atoms with Crippen LogP contribution in [0.4, 0.5) is 5.95 Å². The summed E-state index contributed by atoms with van der Waals surface area (Å²) in [5.41, 5.74) is 5.33. The van der Waals surface area contributed by atoms with Crippen molar-refractivity contribution in [2.75, 3.05) is 5.32 Å². The minimum absolute atomic E-state index is 0.200. The van der Waals surface area contributed by atoms with Crippen molar-refractivity contribution in [3.05, 3.63) is 77.1 Å². The summed E-state index contributed by atoms with van der Waals surface area (Å²) >= 11 is 0. The van der Waals surface area contributed by atoms with Gasteiger partial charge in [0.1, 0.15) is 6.33 Å². The Bertz CT molecular complexity index is 862. The highest BCUT2D eigenvalue weighted by Crippen LogP contribution is 2.37. The molecule has 4 nitrogen and oxygen atoms in total. The molecule has 1 N–H and O–H groups in total. The molecule has 134 valence electrons. The van der Waals surface area contributed by atoms with Crippen molar-refractivity contribution < 1.29 is 0 Å². The second-order valence-corrected chi connectivity index (χ2v) is 7.39. The number of hydrogen-bond acceptors (Lipinski definition) is 3. The van der Waals surface area contributed by atoms with Gasteiger partial charge in [0.25, 0.3) is 0 Å². The lowest BCUT2D eigenvalue weighted by Gasteiger charge is -2.32. The van der Waals surface area contributed by atoms with E-state index in [0.29, 0.717) is 5.92 Å². The SMILES string of the molecule is CCc1ccc([C@@H]2C[C@H](c3ccc(C(C)C)cc3)n3ncnc3N2)cc1. The lowest BCUT2D eigenvalue weighted by Crippen LogP contribution is -2.28. The van der Waals surface area contributed by atoms with Crippen LogP contribution >= 0.6 is 0 Å². The molecule has 2 heterocycles. The molecule has 0 saturated carbocycles. The Hall–Kier alpha value is -2.62. The summed E-state index contributed by atoms with van der Waals surface area (Å²) in [5.74, 6) is 1.39. The van der Waals surface area contributed by atoms with Gasteiger partial charge in [-0.2, -0.15) is 10.1 Å². The predicted molar refractivity (Wildman–Crippen MR) is 105 cm³/mol. The van der Waals surface area contributed by atoms with Crippen LogP contribution in [0.5, 0.6) is 0 Å². The first kappa shape index (κ1) is 16.8. The van der Waals surface area contributed by atoms with Crippen LogP contribution in [0.25, 0.3) is 0 Å². The number of benzene rings is 2. The van der Waals surface area contributed by atoms with E-state index in [1.165, 1.54) is 22.3 Å². The summed E-state index contributed by atoms with van der Waals surface area (Å²) in [6, 6.07) is 18.3. The van der Waals surface area contributed by atoms with Gasteiger partial charge in [-0.3, -0.25) is 0 Å². The van der Waals surface area contributed by atoms with Gasteiger partial charge in [0.2, 0.25) is 5.95 Å². The second kappa shape index (κ2) is 6.94. The molecule has 2 atom stereocenters. The molecule has 0 aliphatic carbocycles. The van der Waals surface area contributed by atoms with Crippen LogP contribution in [-0.2, 0) is 6.42 Å². The Morgan fingerprint density at radius 3 is 2.38 bits per heavy atom. The molecule has 0 saturated heterocycles. The van der Waals surface area contributed by atoms with Crippen molar-refractivity contribution in [2.45, 2.75) is 51.6 Å². The summed E-state index contributed by atoms with van der Waals surface area (Å²) < 4.78 is 2.02. The molecule has 0 bridgehead atoms. The van der Waals surface area contributed by atoms with E-state index in [9.17, 15) is 0 Å². The van der Waals surface area contributed by atoms with E-state index in [-0.39, 0.29) is 12.1 Å². The Labute approximate surface area is 155 Å². The molecule has 2 aromatic carbocycles. The molecule has 0 spiro atoms. The van der Waals surface area contributed by atoms with E-state index in [4.69, 9.17) is 0 Å². The molecule has 26 heavy (non-hydrogen) atoms. The molecule has 0 radical (unpaired) electrons. The first-order chi connectivity index (χ1) is 12.7. The molecule has 3 aromatic rings. The Morgan fingerprint density at radius 2 is 1.73 bits per heavy atom. The summed E-state index contributed by atoms with van der Waals surface area (Å²) in [4.78, 5) is 4.43. The summed E-state index contributed by atoms with van der Waals surface area (Å²) in [6.07, 6.45) is 3.67. The van der Waals surface area contributed by atoms with Gasteiger partial charge in [-0.15, -0.1) is 0 Å². The minimum Gasteiger partial charge on any atom is -0.348 e. The normalized spacial score (nSPS) is 19.2. The minimum atomic E-state index is 0.200. The van der Waals surface area contributed by atoms with Gasteiger partial charge in [0, 0.05) is 0 Å². The summed E-state index contributed by atoms with van der Waals surface area (Å²) in [6.45, 7) is 6.64. The van der Waals surface area contributed by atoms with E-state index in [1.54, 1.807) is 6.33 Å². The van der Waals surface area contributed by atoms with Crippen LogP contribution in [0.2, 0.25) is 0 Å². The van der Waals surface area contributed by atoms with Crippen molar-refractivity contribution in [3.8, 4) is 0 Å². The van der Waals surface area contributed by atoms with Gasteiger partial charge in [-0.25, -0.2) is 4.68 Å². The molecular weight excluding hydrogens is 320 g/mol. The topological polar surface area (TPSA) is 42.7 Å². The van der Waals surface area contributed by atoms with Crippen molar-refractivity contribution in [3.63, 3.8) is 0 Å². The average Bonchev–Trinajstić information content (AvgIpc) is 3.16. The zero-order valence-corrected chi connectivity index (χ0v) is 15.7. The molecule has 0 amide bonds. The maximum absolute atomic E-state index is 4.47. The molecule has 4 heteroatoms. The standard InChI is InChI=1S/C22H26N4/c1-4-16-5-7-18(8-6-16)20-13-21(26-22(25-20)23-14-24-26)19-11-9-17(10-12-19)15(2)3/h5-12,14-15,20-21H,4,13H2,1-3H3,(H,23,24,25)/t20-,21+/m0/s1. The highest BCUT2D eigenvalue weighted by atomic mass is 15.4. The molecule has 0 fully saturated rings. The van der Waals surface area contributed by atoms with Crippen LogP contribution < -0.4 is 5.32 Å². The first-order valence-corrected chi connectivity index (χ1v) is 9.50. The lowest BCUT2D eigenvalue weighted by molar-refractivity contribution is 0.430. The van der Waals surface area contributed by atoms with Crippen molar-refractivity contribution in [2.24, 2.45) is 0 Å². The third-order valence-corrected chi connectivity index (χ3v) is 5.41. The largest absolute Gasteiger partial charge is 0.348 e. The fourth-order valence-electron chi connectivity index (χ4n) is 3.70. The van der Waals surface area contributed by atoms with Gasteiger partial charge in [-0.1, -0.05) is 69.3 Å². The molecule has 1 aliphatic heterocycles. The Kier molecular flexibility index (Phi) is 4.49. The van der Waals surface area contributed by atoms with Crippen LogP contribution in [0.3, 0.4) is 0 Å². The van der Waals surface area contributed by atoms with E-state index >= 15 is 0 Å². The number of rotatable bonds is 4. The number of aryl methyl sites for hydroxylation is 1. The molecule has 1 aromatic heterocycles. The zero-order valence-electron chi connectivity index (χ0n) is 15.7. The molecule has 4 rings (SSSR count). The van der Waals surface area contributed by atoms with Crippen molar-refractivity contribution in [1.29, 1.82) is 0 Å². The highest BCUT2D eigenvalue weighted by Gasteiger charge is 2.29. The monoisotopic (exact) mass is 346 g/mol. The smallest absolute Gasteiger partial charge is 0.222 e. The number of hydrogen-bond donors (Lipinski definition) is 1. The van der Waals surface area contributed by atoms with Crippen LogP contribution in [0, 0.1) is 0 Å². The third kappa shape index (κ3) is 3.12. The Balaban J connectivity index is 1.65. The highest BCUT2D eigenvalue weighted by molar-refractivity contribution is 5.39. The molecule has 1 aliphatic rings. The first-order valence-electron chi connectivity index (χ1n) is 9.50. The third-order valence-electron chi connectivity index (χ3n) is 5.41. The summed E-state index contributed by atoms with van der Waals surface area (Å²) in [7, 11) is 0. The fourth-order valence-corrected chi connectivity index (χ4v) is 3.70. The van der Waals surface area contributed by atoms with Gasteiger partial charge >= 0.3 is 0 Å². The number of aromatic nitrogens is 3. The number of anilines is 1. The maximum atomic E-state index is 4.47. The number of fused-ring (bicyclic) bond motifs is 1. The van der Waals surface area contributed by atoms with Crippen LogP contribution in [0.1, 0.15) is 67.4 Å².